The van der Waals surface area contributed by atoms with Crippen LogP contribution in [0.5, 0.6) is 0 Å². The first-order valence-corrected chi connectivity index (χ1v) is 5.30. The second kappa shape index (κ2) is 4.03. The Morgan fingerprint density at radius 1 is 1.20 bits per heavy atom. The van der Waals surface area contributed by atoms with Gasteiger partial charge in [0, 0.05) is 5.41 Å². The summed E-state index contributed by atoms with van der Waals surface area (Å²) in [5.74, 6) is 0. The summed E-state index contributed by atoms with van der Waals surface area (Å²) in [5.41, 5.74) is 0.816. The van der Waals surface area contributed by atoms with Gasteiger partial charge in [-0.3, -0.25) is 0 Å². The molecule has 0 unspecified atom stereocenters. The van der Waals surface area contributed by atoms with Gasteiger partial charge in [-0.2, -0.15) is 0 Å². The van der Waals surface area contributed by atoms with E-state index in [1.54, 1.807) is 0 Å². The van der Waals surface area contributed by atoms with Crippen LogP contribution in [0, 0.1) is 5.41 Å². The van der Waals surface area contributed by atoms with Crippen molar-refractivity contribution in [3.05, 3.63) is 60.2 Å². The molecular formula is C14H16O. The molecule has 1 heteroatoms. The zero-order valence-corrected chi connectivity index (χ0v) is 8.93. The van der Waals surface area contributed by atoms with Crippen molar-refractivity contribution in [3.8, 4) is 0 Å². The van der Waals surface area contributed by atoms with E-state index in [2.05, 4.69) is 19.1 Å². The molecular weight excluding hydrogens is 184 g/mol. The molecule has 1 aliphatic carbocycles. The second-order valence-corrected chi connectivity index (χ2v) is 4.31. The molecule has 1 aromatic carbocycles. The highest BCUT2D eigenvalue weighted by molar-refractivity contribution is 5.25. The summed E-state index contributed by atoms with van der Waals surface area (Å²) in [6.45, 7) is 2.09. The van der Waals surface area contributed by atoms with Crippen LogP contribution in [0.15, 0.2) is 54.6 Å². The van der Waals surface area contributed by atoms with Gasteiger partial charge in [-0.15, -0.1) is 0 Å². The molecule has 0 spiro atoms. The maximum atomic E-state index is 10.3. The summed E-state index contributed by atoms with van der Waals surface area (Å²) < 4.78 is 0. The quantitative estimate of drug-likeness (QED) is 0.777. The van der Waals surface area contributed by atoms with Crippen LogP contribution < -0.4 is 0 Å². The van der Waals surface area contributed by atoms with Crippen LogP contribution in [-0.2, 0) is 0 Å². The molecule has 15 heavy (non-hydrogen) atoms. The number of benzene rings is 1. The first kappa shape index (κ1) is 10.2. The molecule has 0 amide bonds. The summed E-state index contributed by atoms with van der Waals surface area (Å²) in [5, 5.41) is 10.3. The van der Waals surface area contributed by atoms with Crippen molar-refractivity contribution in [3.63, 3.8) is 0 Å². The molecule has 0 radical (unpaired) electrons. The number of aliphatic hydroxyl groups is 1. The molecule has 0 bridgehead atoms. The van der Waals surface area contributed by atoms with E-state index in [-0.39, 0.29) is 5.41 Å². The van der Waals surface area contributed by atoms with Crippen molar-refractivity contribution >= 4 is 0 Å². The largest absolute Gasteiger partial charge is 0.388 e. The third-order valence-electron chi connectivity index (χ3n) is 3.02. The van der Waals surface area contributed by atoms with E-state index >= 15 is 0 Å². The van der Waals surface area contributed by atoms with Crippen LogP contribution in [-0.4, -0.2) is 5.11 Å². The number of hydrogen-bond acceptors (Lipinski definition) is 1. The van der Waals surface area contributed by atoms with Crippen molar-refractivity contribution < 1.29 is 5.11 Å². The van der Waals surface area contributed by atoms with Crippen molar-refractivity contribution in [2.75, 3.05) is 0 Å². The maximum absolute atomic E-state index is 10.3. The van der Waals surface area contributed by atoms with E-state index < -0.39 is 6.10 Å². The predicted octanol–water partition coefficient (Wildman–Crippen LogP) is 3.24. The molecule has 1 aliphatic rings. The summed E-state index contributed by atoms with van der Waals surface area (Å²) >= 11 is 0. The van der Waals surface area contributed by atoms with Crippen LogP contribution in [0.3, 0.4) is 0 Å². The van der Waals surface area contributed by atoms with Crippen LogP contribution in [0.4, 0.5) is 0 Å². The molecule has 1 aromatic rings. The van der Waals surface area contributed by atoms with Gasteiger partial charge in [-0.1, -0.05) is 61.6 Å². The van der Waals surface area contributed by atoms with Gasteiger partial charge in [0.25, 0.3) is 0 Å². The molecule has 2 rings (SSSR count). The average molecular weight is 200 g/mol. The van der Waals surface area contributed by atoms with Crippen LogP contribution in [0.1, 0.15) is 25.0 Å². The van der Waals surface area contributed by atoms with Crippen molar-refractivity contribution in [1.82, 2.24) is 0 Å². The zero-order valence-electron chi connectivity index (χ0n) is 8.93. The topological polar surface area (TPSA) is 20.2 Å². The molecule has 0 aromatic heterocycles. The SMILES string of the molecule is C[C@]1([C@H](O)c2ccccc2)C=CC=CC1. The Labute approximate surface area is 90.8 Å². The Kier molecular flexibility index (Phi) is 2.74. The molecule has 1 nitrogen and oxygen atoms in total. The lowest BCUT2D eigenvalue weighted by atomic mass is 9.76. The van der Waals surface area contributed by atoms with Crippen molar-refractivity contribution in [2.24, 2.45) is 5.41 Å². The third kappa shape index (κ3) is 2.02. The first-order valence-electron chi connectivity index (χ1n) is 5.30. The zero-order chi connectivity index (χ0) is 10.7. The van der Waals surface area contributed by atoms with Gasteiger partial charge in [-0.05, 0) is 12.0 Å². The van der Waals surface area contributed by atoms with E-state index in [9.17, 15) is 5.11 Å². The Bertz CT molecular complexity index is 378. The molecule has 0 heterocycles. The summed E-state index contributed by atoms with van der Waals surface area (Å²) in [4.78, 5) is 0. The highest BCUT2D eigenvalue weighted by Crippen LogP contribution is 2.39. The minimum atomic E-state index is -0.431. The van der Waals surface area contributed by atoms with E-state index in [1.165, 1.54) is 0 Å². The summed E-state index contributed by atoms with van der Waals surface area (Å²) in [7, 11) is 0. The molecule has 0 fully saturated rings. The van der Waals surface area contributed by atoms with Gasteiger partial charge in [0.1, 0.15) is 0 Å². The minimum Gasteiger partial charge on any atom is -0.388 e. The van der Waals surface area contributed by atoms with Gasteiger partial charge in [0.2, 0.25) is 0 Å². The summed E-state index contributed by atoms with van der Waals surface area (Å²) in [6.07, 6.45) is 8.69. The lowest BCUT2D eigenvalue weighted by Crippen LogP contribution is -2.23. The predicted molar refractivity (Wildman–Crippen MR) is 62.4 cm³/mol. The Morgan fingerprint density at radius 2 is 1.93 bits per heavy atom. The average Bonchev–Trinajstić information content (AvgIpc) is 2.30. The molecule has 78 valence electrons. The number of aliphatic hydroxyl groups excluding tert-OH is 1. The lowest BCUT2D eigenvalue weighted by Gasteiger charge is -2.32. The molecule has 0 saturated heterocycles. The van der Waals surface area contributed by atoms with Crippen LogP contribution >= 0.6 is 0 Å². The van der Waals surface area contributed by atoms with Crippen molar-refractivity contribution in [2.45, 2.75) is 19.4 Å². The van der Waals surface area contributed by atoms with Gasteiger partial charge >= 0.3 is 0 Å². The Balaban J connectivity index is 2.24. The van der Waals surface area contributed by atoms with E-state index in [4.69, 9.17) is 0 Å². The normalized spacial score (nSPS) is 26.5. The van der Waals surface area contributed by atoms with E-state index in [0.29, 0.717) is 0 Å². The smallest absolute Gasteiger partial charge is 0.0881 e. The van der Waals surface area contributed by atoms with Crippen LogP contribution in [0.2, 0.25) is 0 Å². The first-order chi connectivity index (χ1) is 7.22. The molecule has 0 saturated carbocycles. The summed E-state index contributed by atoms with van der Waals surface area (Å²) in [6, 6.07) is 9.84. The van der Waals surface area contributed by atoms with Gasteiger partial charge in [0.05, 0.1) is 6.10 Å². The Hall–Kier alpha value is -1.34. The fraction of sp³-hybridized carbons (Fsp3) is 0.286. The molecule has 0 aliphatic heterocycles. The minimum absolute atomic E-state index is 0.171. The Morgan fingerprint density at radius 3 is 2.53 bits per heavy atom. The van der Waals surface area contributed by atoms with Gasteiger partial charge < -0.3 is 5.11 Å². The van der Waals surface area contributed by atoms with E-state index in [1.807, 2.05) is 42.5 Å². The van der Waals surface area contributed by atoms with E-state index in [0.717, 1.165) is 12.0 Å². The highest BCUT2D eigenvalue weighted by Gasteiger charge is 2.30. The number of allylic oxidation sites excluding steroid dienone is 3. The number of rotatable bonds is 2. The van der Waals surface area contributed by atoms with Crippen molar-refractivity contribution in [1.29, 1.82) is 0 Å². The second-order valence-electron chi connectivity index (χ2n) is 4.31. The van der Waals surface area contributed by atoms with Crippen LogP contribution in [0.25, 0.3) is 0 Å². The van der Waals surface area contributed by atoms with Gasteiger partial charge in [0.15, 0.2) is 0 Å². The number of hydrogen-bond donors (Lipinski definition) is 1. The standard InChI is InChI=1S/C14H16O/c1-14(10-6-3-7-11-14)13(15)12-8-4-2-5-9-12/h2-10,13,15H,11H2,1H3/t13-,14+/m1/s1. The fourth-order valence-corrected chi connectivity index (χ4v) is 1.96. The fourth-order valence-electron chi connectivity index (χ4n) is 1.96. The van der Waals surface area contributed by atoms with Gasteiger partial charge in [-0.25, -0.2) is 0 Å². The monoisotopic (exact) mass is 200 g/mol. The lowest BCUT2D eigenvalue weighted by molar-refractivity contribution is 0.0709. The maximum Gasteiger partial charge on any atom is 0.0881 e. The third-order valence-corrected chi connectivity index (χ3v) is 3.02. The highest BCUT2D eigenvalue weighted by atomic mass is 16.3. The molecule has 2 atom stereocenters. The molecule has 1 N–H and O–H groups in total.